The van der Waals surface area contributed by atoms with Gasteiger partial charge in [0.25, 0.3) is 5.91 Å². The molecule has 0 aromatic heterocycles. The number of nitrogens with one attached hydrogen (secondary N) is 1. The van der Waals surface area contributed by atoms with Crippen LogP contribution in [-0.2, 0) is 19.4 Å². The molecule has 0 fully saturated rings. The van der Waals surface area contributed by atoms with Crippen LogP contribution in [0.1, 0.15) is 40.1 Å². The number of hydrogen-bond acceptors (Lipinski definition) is 6. The number of rotatable bonds is 4. The summed E-state index contributed by atoms with van der Waals surface area (Å²) < 4.78 is 30.6. The van der Waals surface area contributed by atoms with Gasteiger partial charge in [0.2, 0.25) is 9.84 Å². The van der Waals surface area contributed by atoms with Crippen LogP contribution in [0.5, 0.6) is 0 Å². The highest BCUT2D eigenvalue weighted by Gasteiger charge is 2.35. The Labute approximate surface area is 162 Å². The van der Waals surface area contributed by atoms with Gasteiger partial charge in [-0.1, -0.05) is 26.0 Å². The second kappa shape index (κ2) is 7.20. The van der Waals surface area contributed by atoms with E-state index in [0.717, 1.165) is 0 Å². The molecule has 0 spiro atoms. The van der Waals surface area contributed by atoms with Crippen LogP contribution >= 0.6 is 0 Å². The zero-order valence-electron chi connectivity index (χ0n) is 15.6. The Bertz CT molecular complexity index is 1090. The molecule has 0 radical (unpaired) electrons. The van der Waals surface area contributed by atoms with Crippen molar-refractivity contribution in [1.82, 2.24) is 5.32 Å². The van der Waals surface area contributed by atoms with Gasteiger partial charge in [-0.3, -0.25) is 9.59 Å². The van der Waals surface area contributed by atoms with Gasteiger partial charge < -0.3 is 10.1 Å². The number of ketones is 1. The predicted octanol–water partition coefficient (Wildman–Crippen LogP) is 1.99. The van der Waals surface area contributed by atoms with E-state index in [0.29, 0.717) is 0 Å². The molecule has 0 saturated carbocycles. The van der Waals surface area contributed by atoms with Crippen molar-refractivity contribution in [1.29, 1.82) is 0 Å². The van der Waals surface area contributed by atoms with Gasteiger partial charge in [-0.05, 0) is 36.2 Å². The van der Waals surface area contributed by atoms with Crippen molar-refractivity contribution in [2.24, 2.45) is 5.92 Å². The van der Waals surface area contributed by atoms with Crippen LogP contribution in [-0.4, -0.2) is 39.2 Å². The maximum Gasteiger partial charge on any atom is 0.328 e. The number of ether oxygens (including phenoxy) is 1. The van der Waals surface area contributed by atoms with Crippen LogP contribution in [0.15, 0.2) is 52.3 Å². The number of carbonyl (C=O) groups is 3. The summed E-state index contributed by atoms with van der Waals surface area (Å²) in [5, 5.41) is 2.55. The van der Waals surface area contributed by atoms with Gasteiger partial charge in [-0.25, -0.2) is 13.2 Å². The summed E-state index contributed by atoms with van der Waals surface area (Å²) in [5.41, 5.74) is 0.158. The van der Waals surface area contributed by atoms with Gasteiger partial charge in [0, 0.05) is 16.7 Å². The molecule has 3 rings (SSSR count). The third-order valence-electron chi connectivity index (χ3n) is 4.61. The molecule has 2 aromatic rings. The molecule has 1 amide bonds. The Morgan fingerprint density at radius 2 is 1.64 bits per heavy atom. The lowest BCUT2D eigenvalue weighted by Crippen LogP contribution is -2.45. The average molecular weight is 401 g/mol. The zero-order valence-corrected chi connectivity index (χ0v) is 16.4. The molecule has 0 aliphatic carbocycles. The summed E-state index contributed by atoms with van der Waals surface area (Å²) in [4.78, 5) is 36.8. The fraction of sp³-hybridized carbons (Fsp3) is 0.250. The van der Waals surface area contributed by atoms with Gasteiger partial charge in [0.1, 0.15) is 6.04 Å². The van der Waals surface area contributed by atoms with Crippen molar-refractivity contribution < 1.29 is 27.5 Å². The lowest BCUT2D eigenvalue weighted by Gasteiger charge is -2.21. The minimum atomic E-state index is -3.95. The van der Waals surface area contributed by atoms with Crippen LogP contribution < -0.4 is 5.32 Å². The number of hydrogen-bond donors (Lipinski definition) is 1. The third-order valence-corrected chi connectivity index (χ3v) is 6.46. The first-order chi connectivity index (χ1) is 13.2. The van der Waals surface area contributed by atoms with Crippen LogP contribution in [0, 0.1) is 5.92 Å². The minimum absolute atomic E-state index is 0.0172. The first kappa shape index (κ1) is 19.8. The van der Waals surface area contributed by atoms with E-state index in [1.807, 2.05) is 0 Å². The molecule has 1 N–H and O–H groups in total. The largest absolute Gasteiger partial charge is 0.467 e. The SMILES string of the molecule is COC(=O)[C@H](NC(=O)c1ccc2c(c1)S(=O)(=O)c1ccccc1C2=O)C(C)C. The lowest BCUT2D eigenvalue weighted by atomic mass is 10.00. The number of amides is 1. The van der Waals surface area contributed by atoms with Crippen LogP contribution in [0.4, 0.5) is 0 Å². The Hall–Kier alpha value is -3.00. The Kier molecular flexibility index (Phi) is 5.08. The summed E-state index contributed by atoms with van der Waals surface area (Å²) in [6.07, 6.45) is 0. The highest BCUT2D eigenvalue weighted by Crippen LogP contribution is 2.34. The molecule has 7 nitrogen and oxygen atoms in total. The van der Waals surface area contributed by atoms with Gasteiger partial charge >= 0.3 is 5.97 Å². The second-order valence-electron chi connectivity index (χ2n) is 6.76. The first-order valence-electron chi connectivity index (χ1n) is 8.60. The number of esters is 1. The normalized spacial score (nSPS) is 15.4. The van der Waals surface area contributed by atoms with Gasteiger partial charge in [0.15, 0.2) is 5.78 Å². The molecular formula is C20H19NO6S. The molecule has 0 saturated heterocycles. The maximum absolute atomic E-state index is 12.9. The molecule has 0 unspecified atom stereocenters. The molecular weight excluding hydrogens is 382 g/mol. The number of fused-ring (bicyclic) bond motifs is 2. The van der Waals surface area contributed by atoms with Crippen molar-refractivity contribution in [3.8, 4) is 0 Å². The second-order valence-corrected chi connectivity index (χ2v) is 8.64. The smallest absolute Gasteiger partial charge is 0.328 e. The van der Waals surface area contributed by atoms with E-state index in [-0.39, 0.29) is 32.4 Å². The zero-order chi connectivity index (χ0) is 20.6. The molecule has 1 aliphatic rings. The molecule has 146 valence electrons. The third kappa shape index (κ3) is 3.20. The van der Waals surface area contributed by atoms with Crippen LogP contribution in [0.3, 0.4) is 0 Å². The van der Waals surface area contributed by atoms with E-state index in [1.54, 1.807) is 19.9 Å². The summed E-state index contributed by atoms with van der Waals surface area (Å²) in [6, 6.07) is 8.93. The monoisotopic (exact) mass is 401 g/mol. The summed E-state index contributed by atoms with van der Waals surface area (Å²) in [6.45, 7) is 3.49. The Balaban J connectivity index is 2.02. The van der Waals surface area contributed by atoms with Crippen molar-refractivity contribution in [3.05, 3.63) is 59.2 Å². The minimum Gasteiger partial charge on any atom is -0.467 e. The van der Waals surface area contributed by atoms with E-state index in [1.165, 1.54) is 43.5 Å². The van der Waals surface area contributed by atoms with E-state index < -0.39 is 33.5 Å². The van der Waals surface area contributed by atoms with Crippen molar-refractivity contribution >= 4 is 27.5 Å². The van der Waals surface area contributed by atoms with Gasteiger partial charge in [-0.2, -0.15) is 0 Å². The van der Waals surface area contributed by atoms with Crippen LogP contribution in [0.25, 0.3) is 0 Å². The quantitative estimate of drug-likeness (QED) is 0.670. The predicted molar refractivity (Wildman–Crippen MR) is 99.9 cm³/mol. The van der Waals surface area contributed by atoms with E-state index in [9.17, 15) is 22.8 Å². The van der Waals surface area contributed by atoms with E-state index in [4.69, 9.17) is 4.74 Å². The number of benzene rings is 2. The average Bonchev–Trinajstić information content (AvgIpc) is 2.69. The molecule has 8 heteroatoms. The molecule has 2 aromatic carbocycles. The lowest BCUT2D eigenvalue weighted by molar-refractivity contribution is -0.144. The molecule has 28 heavy (non-hydrogen) atoms. The number of sulfone groups is 1. The summed E-state index contributed by atoms with van der Waals surface area (Å²) in [5.74, 6) is -1.88. The number of carbonyl (C=O) groups excluding carboxylic acids is 3. The van der Waals surface area contributed by atoms with Crippen molar-refractivity contribution in [2.45, 2.75) is 29.7 Å². The molecule has 1 aliphatic heterocycles. The van der Waals surface area contributed by atoms with Gasteiger partial charge in [-0.15, -0.1) is 0 Å². The standard InChI is InChI=1S/C20H19NO6S/c1-11(2)17(20(24)27-3)21-19(23)12-8-9-14-16(10-12)28(25,26)15-7-5-4-6-13(15)18(14)22/h4-11,17H,1-3H3,(H,21,23)/t17-/m1/s1. The fourth-order valence-electron chi connectivity index (χ4n) is 3.07. The van der Waals surface area contributed by atoms with E-state index in [2.05, 4.69) is 5.32 Å². The number of methoxy groups -OCH3 is 1. The Morgan fingerprint density at radius 3 is 2.29 bits per heavy atom. The van der Waals surface area contributed by atoms with Crippen molar-refractivity contribution in [3.63, 3.8) is 0 Å². The first-order valence-corrected chi connectivity index (χ1v) is 10.1. The molecule has 1 atom stereocenters. The maximum atomic E-state index is 12.9. The topological polar surface area (TPSA) is 107 Å². The van der Waals surface area contributed by atoms with E-state index >= 15 is 0 Å². The summed E-state index contributed by atoms with van der Waals surface area (Å²) in [7, 11) is -2.73. The molecule has 0 bridgehead atoms. The van der Waals surface area contributed by atoms with Crippen molar-refractivity contribution in [2.75, 3.05) is 7.11 Å². The van der Waals surface area contributed by atoms with Crippen LogP contribution in [0.2, 0.25) is 0 Å². The summed E-state index contributed by atoms with van der Waals surface area (Å²) >= 11 is 0. The highest BCUT2D eigenvalue weighted by molar-refractivity contribution is 7.91. The fourth-order valence-corrected chi connectivity index (χ4v) is 4.75. The van der Waals surface area contributed by atoms with Gasteiger partial charge in [0.05, 0.1) is 16.9 Å². The molecule has 1 heterocycles. The Morgan fingerprint density at radius 1 is 1.00 bits per heavy atom. The highest BCUT2D eigenvalue weighted by atomic mass is 32.2.